The van der Waals surface area contributed by atoms with E-state index in [0.717, 1.165) is 6.07 Å². The standard InChI is InChI=1S/C18H17F3N4O2/c1-26-13-5-3-2-4-12(13)17(10-22)8-11(9-17)27-14-6-7-24-16(25-23)15(14)18(19,20)21/h2-7,11H,8-9,23H2,1H3,(H,24,25)/t11-,17-. The highest BCUT2D eigenvalue weighted by Gasteiger charge is 2.50. The van der Waals surface area contributed by atoms with Gasteiger partial charge in [0.05, 0.1) is 18.6 Å². The third-order valence-corrected chi connectivity index (χ3v) is 4.62. The molecule has 0 spiro atoms. The Morgan fingerprint density at radius 3 is 2.56 bits per heavy atom. The molecule has 0 bridgehead atoms. The summed E-state index contributed by atoms with van der Waals surface area (Å²) in [6, 6.07) is 10.5. The summed E-state index contributed by atoms with van der Waals surface area (Å²) >= 11 is 0. The molecule has 9 heteroatoms. The van der Waals surface area contributed by atoms with Crippen LogP contribution < -0.4 is 20.7 Å². The summed E-state index contributed by atoms with van der Waals surface area (Å²) in [5.74, 6) is 4.81. The number of halogens is 3. The number of anilines is 1. The molecule has 0 atom stereocenters. The number of benzene rings is 1. The molecule has 1 aromatic heterocycles. The van der Waals surface area contributed by atoms with E-state index in [1.807, 2.05) is 5.43 Å². The van der Waals surface area contributed by atoms with Gasteiger partial charge in [-0.05, 0) is 12.1 Å². The molecule has 3 N–H and O–H groups in total. The van der Waals surface area contributed by atoms with Crippen LogP contribution in [0.3, 0.4) is 0 Å². The van der Waals surface area contributed by atoms with Crippen LogP contribution in [0.1, 0.15) is 24.0 Å². The molecule has 6 nitrogen and oxygen atoms in total. The van der Waals surface area contributed by atoms with E-state index in [2.05, 4.69) is 11.1 Å². The summed E-state index contributed by atoms with van der Waals surface area (Å²) in [6.07, 6.45) is -3.58. The van der Waals surface area contributed by atoms with Crippen LogP contribution in [0, 0.1) is 11.3 Å². The highest BCUT2D eigenvalue weighted by Crippen LogP contribution is 2.49. The van der Waals surface area contributed by atoms with Crippen LogP contribution in [0.5, 0.6) is 11.5 Å². The number of hydrogen-bond acceptors (Lipinski definition) is 6. The Kier molecular flexibility index (Phi) is 4.85. The number of nitrogens with zero attached hydrogens (tertiary/aromatic N) is 2. The van der Waals surface area contributed by atoms with Gasteiger partial charge in [-0.1, -0.05) is 18.2 Å². The number of nitriles is 1. The van der Waals surface area contributed by atoms with Crippen molar-refractivity contribution in [1.82, 2.24) is 4.98 Å². The lowest BCUT2D eigenvalue weighted by Crippen LogP contribution is -2.46. The van der Waals surface area contributed by atoms with E-state index < -0.39 is 29.1 Å². The van der Waals surface area contributed by atoms with Crippen LogP contribution in [-0.4, -0.2) is 18.2 Å². The van der Waals surface area contributed by atoms with E-state index >= 15 is 0 Å². The summed E-state index contributed by atoms with van der Waals surface area (Å²) in [6.45, 7) is 0. The van der Waals surface area contributed by atoms with Crippen LogP contribution >= 0.6 is 0 Å². The Morgan fingerprint density at radius 2 is 1.96 bits per heavy atom. The number of hydrazine groups is 1. The van der Waals surface area contributed by atoms with Gasteiger partial charge in [-0.15, -0.1) is 0 Å². The minimum atomic E-state index is -4.69. The molecule has 3 rings (SSSR count). The number of hydrogen-bond donors (Lipinski definition) is 2. The highest BCUT2D eigenvalue weighted by molar-refractivity contribution is 5.53. The van der Waals surface area contributed by atoms with E-state index in [9.17, 15) is 18.4 Å². The average Bonchev–Trinajstić information content (AvgIpc) is 2.63. The molecular formula is C18H17F3N4O2. The lowest BCUT2D eigenvalue weighted by Gasteiger charge is -2.43. The zero-order valence-corrected chi connectivity index (χ0v) is 14.4. The predicted molar refractivity (Wildman–Crippen MR) is 91.0 cm³/mol. The van der Waals surface area contributed by atoms with Crippen LogP contribution in [0.2, 0.25) is 0 Å². The topological polar surface area (TPSA) is 93.2 Å². The van der Waals surface area contributed by atoms with E-state index in [1.165, 1.54) is 13.3 Å². The molecule has 1 fully saturated rings. The van der Waals surface area contributed by atoms with Crippen LogP contribution in [0.15, 0.2) is 36.5 Å². The van der Waals surface area contributed by atoms with Crippen molar-refractivity contribution in [3.63, 3.8) is 0 Å². The zero-order chi connectivity index (χ0) is 19.7. The Hall–Kier alpha value is -2.99. The van der Waals surface area contributed by atoms with E-state index in [4.69, 9.17) is 15.3 Å². The van der Waals surface area contributed by atoms with Crippen molar-refractivity contribution in [2.75, 3.05) is 12.5 Å². The second-order valence-electron chi connectivity index (χ2n) is 6.22. The minimum absolute atomic E-state index is 0.245. The van der Waals surface area contributed by atoms with Gasteiger partial charge in [-0.3, -0.25) is 0 Å². The summed E-state index contributed by atoms with van der Waals surface area (Å²) in [5.41, 5.74) is 0.706. The van der Waals surface area contributed by atoms with Crippen molar-refractivity contribution in [3.8, 4) is 17.6 Å². The second-order valence-corrected chi connectivity index (χ2v) is 6.22. The second kappa shape index (κ2) is 6.96. The van der Waals surface area contributed by atoms with Gasteiger partial charge >= 0.3 is 6.18 Å². The van der Waals surface area contributed by atoms with Crippen molar-refractivity contribution >= 4 is 5.82 Å². The third kappa shape index (κ3) is 3.36. The summed E-state index contributed by atoms with van der Waals surface area (Å²) in [7, 11) is 1.50. The monoisotopic (exact) mass is 378 g/mol. The van der Waals surface area contributed by atoms with Gasteiger partial charge in [0.25, 0.3) is 0 Å². The van der Waals surface area contributed by atoms with Gasteiger partial charge in [0, 0.05) is 24.6 Å². The Bertz CT molecular complexity index is 874. The largest absolute Gasteiger partial charge is 0.496 e. The lowest BCUT2D eigenvalue weighted by molar-refractivity contribution is -0.139. The van der Waals surface area contributed by atoms with Crippen LogP contribution in [-0.2, 0) is 11.6 Å². The minimum Gasteiger partial charge on any atom is -0.496 e. The smallest absolute Gasteiger partial charge is 0.423 e. The van der Waals surface area contributed by atoms with Gasteiger partial charge in [0.15, 0.2) is 5.82 Å². The SMILES string of the molecule is COc1ccccc1[C@]1(C#N)C[C@@H](Oc2ccnc(NN)c2C(F)(F)F)C1. The number of pyridine rings is 1. The summed E-state index contributed by atoms with van der Waals surface area (Å²) in [5, 5.41) is 9.68. The molecule has 0 saturated heterocycles. The van der Waals surface area contributed by atoms with Gasteiger partial charge in [-0.25, -0.2) is 10.8 Å². The first-order valence-corrected chi connectivity index (χ1v) is 8.09. The Morgan fingerprint density at radius 1 is 1.26 bits per heavy atom. The third-order valence-electron chi connectivity index (χ3n) is 4.62. The van der Waals surface area contributed by atoms with Crippen molar-refractivity contribution in [3.05, 3.63) is 47.7 Å². The normalized spacial score (nSPS) is 21.7. The number of nitrogens with one attached hydrogen (secondary N) is 1. The fraction of sp³-hybridized carbons (Fsp3) is 0.333. The van der Waals surface area contributed by atoms with E-state index in [0.29, 0.717) is 11.3 Å². The van der Waals surface area contributed by atoms with E-state index in [-0.39, 0.29) is 18.6 Å². The summed E-state index contributed by atoms with van der Waals surface area (Å²) in [4.78, 5) is 3.59. The predicted octanol–water partition coefficient (Wildman–Crippen LogP) is 3.40. The molecule has 0 radical (unpaired) electrons. The maximum atomic E-state index is 13.4. The van der Waals surface area contributed by atoms with Crippen LogP contribution in [0.25, 0.3) is 0 Å². The van der Waals surface area contributed by atoms with Gasteiger partial charge < -0.3 is 14.9 Å². The number of para-hydroxylation sites is 1. The maximum absolute atomic E-state index is 13.4. The first-order valence-electron chi connectivity index (χ1n) is 8.09. The molecule has 142 valence electrons. The molecule has 1 aliphatic rings. The van der Waals surface area contributed by atoms with E-state index in [1.54, 1.807) is 24.3 Å². The molecule has 2 aromatic rings. The molecule has 0 unspecified atom stereocenters. The number of ether oxygens (including phenoxy) is 2. The zero-order valence-electron chi connectivity index (χ0n) is 14.4. The quantitative estimate of drug-likeness (QED) is 0.612. The van der Waals surface area contributed by atoms with Gasteiger partial charge in [-0.2, -0.15) is 18.4 Å². The fourth-order valence-electron chi connectivity index (χ4n) is 3.32. The van der Waals surface area contributed by atoms with Crippen molar-refractivity contribution in [2.24, 2.45) is 5.84 Å². The van der Waals surface area contributed by atoms with Crippen molar-refractivity contribution < 1.29 is 22.6 Å². The lowest BCUT2D eigenvalue weighted by atomic mass is 9.63. The molecule has 1 aliphatic carbocycles. The molecule has 0 amide bonds. The molecule has 1 saturated carbocycles. The van der Waals surface area contributed by atoms with Crippen LogP contribution in [0.4, 0.5) is 19.0 Å². The molecule has 1 aromatic carbocycles. The van der Waals surface area contributed by atoms with Crippen molar-refractivity contribution in [1.29, 1.82) is 5.26 Å². The number of rotatable bonds is 5. The van der Waals surface area contributed by atoms with Gasteiger partial charge in [0.2, 0.25) is 0 Å². The fourth-order valence-corrected chi connectivity index (χ4v) is 3.32. The molecular weight excluding hydrogens is 361 g/mol. The maximum Gasteiger partial charge on any atom is 0.423 e. The first kappa shape index (κ1) is 18.8. The number of methoxy groups -OCH3 is 1. The summed E-state index contributed by atoms with van der Waals surface area (Å²) < 4.78 is 51.0. The highest BCUT2D eigenvalue weighted by atomic mass is 19.4. The first-order chi connectivity index (χ1) is 12.8. The van der Waals surface area contributed by atoms with Gasteiger partial charge in [0.1, 0.15) is 23.2 Å². The average molecular weight is 378 g/mol. The molecule has 27 heavy (non-hydrogen) atoms. The number of alkyl halides is 3. The molecule has 0 aliphatic heterocycles. The Balaban J connectivity index is 1.84. The Labute approximate surface area is 153 Å². The number of nitrogens with two attached hydrogens (primary N) is 1. The van der Waals surface area contributed by atoms with Crippen molar-refractivity contribution in [2.45, 2.75) is 30.5 Å². The number of aromatic nitrogens is 1. The molecule has 1 heterocycles. The number of nitrogen functional groups attached to an aromatic ring is 1.